The van der Waals surface area contributed by atoms with Crippen molar-refractivity contribution in [2.45, 2.75) is 39.8 Å². The predicted molar refractivity (Wildman–Crippen MR) is 104 cm³/mol. The van der Waals surface area contributed by atoms with Crippen molar-refractivity contribution in [1.82, 2.24) is 10.2 Å². The van der Waals surface area contributed by atoms with Gasteiger partial charge in [0.25, 0.3) is 0 Å². The number of hydrogen-bond acceptors (Lipinski definition) is 2. The Balaban J connectivity index is 2.22. The fourth-order valence-electron chi connectivity index (χ4n) is 2.58. The Morgan fingerprint density at radius 1 is 1.07 bits per heavy atom. The summed E-state index contributed by atoms with van der Waals surface area (Å²) in [6.07, 6.45) is 0.667. The molecule has 1 atom stereocenters. The van der Waals surface area contributed by atoms with Gasteiger partial charge in [0, 0.05) is 19.0 Å². The fraction of sp³-hybridized carbons (Fsp3) is 0.364. The Kier molecular flexibility index (Phi) is 6.72. The van der Waals surface area contributed by atoms with E-state index in [0.717, 1.165) is 11.1 Å². The minimum atomic E-state index is -0.769. The highest BCUT2D eigenvalue weighted by Crippen LogP contribution is 2.23. The van der Waals surface area contributed by atoms with E-state index in [2.05, 4.69) is 5.32 Å². The number of halogens is 1. The van der Waals surface area contributed by atoms with Crippen LogP contribution in [0, 0.1) is 11.2 Å². The summed E-state index contributed by atoms with van der Waals surface area (Å²) in [4.78, 5) is 27.3. The second kappa shape index (κ2) is 8.80. The van der Waals surface area contributed by atoms with Crippen LogP contribution in [0.1, 0.15) is 44.4 Å². The largest absolute Gasteiger partial charge is 0.340 e. The number of hydrogen-bond donors (Lipinski definition) is 1. The molecule has 2 aromatic rings. The van der Waals surface area contributed by atoms with Crippen LogP contribution >= 0.6 is 0 Å². The maximum absolute atomic E-state index is 13.1. The van der Waals surface area contributed by atoms with Crippen molar-refractivity contribution in [3.63, 3.8) is 0 Å². The van der Waals surface area contributed by atoms with Crippen LogP contribution in [0.4, 0.5) is 4.39 Å². The number of nitrogens with zero attached hydrogens (tertiary/aromatic N) is 1. The molecule has 0 radical (unpaired) electrons. The zero-order chi connectivity index (χ0) is 20.0. The highest BCUT2D eigenvalue weighted by molar-refractivity contribution is 5.90. The molecule has 2 aromatic carbocycles. The molecular weight excluding hydrogens is 343 g/mol. The van der Waals surface area contributed by atoms with Crippen LogP contribution in [-0.2, 0) is 16.1 Å². The molecule has 0 heterocycles. The van der Waals surface area contributed by atoms with E-state index in [4.69, 9.17) is 0 Å². The topological polar surface area (TPSA) is 49.4 Å². The molecule has 0 aromatic heterocycles. The van der Waals surface area contributed by atoms with Gasteiger partial charge < -0.3 is 10.2 Å². The molecule has 0 spiro atoms. The normalized spacial score (nSPS) is 12.3. The van der Waals surface area contributed by atoms with Crippen LogP contribution in [0.15, 0.2) is 54.6 Å². The van der Waals surface area contributed by atoms with Gasteiger partial charge in [-0.15, -0.1) is 0 Å². The lowest BCUT2D eigenvalue weighted by molar-refractivity contribution is -0.138. The molecule has 0 unspecified atom stereocenters. The Morgan fingerprint density at radius 3 is 2.22 bits per heavy atom. The molecule has 4 nitrogen and oxygen atoms in total. The summed E-state index contributed by atoms with van der Waals surface area (Å²) < 4.78 is 13.1. The first-order chi connectivity index (χ1) is 12.7. The van der Waals surface area contributed by atoms with E-state index in [1.54, 1.807) is 24.1 Å². The van der Waals surface area contributed by atoms with Gasteiger partial charge in [0.05, 0.1) is 0 Å². The molecular formula is C22H27FN2O2. The van der Waals surface area contributed by atoms with Crippen LogP contribution in [0.25, 0.3) is 0 Å². The zero-order valence-corrected chi connectivity index (χ0v) is 16.3. The summed E-state index contributed by atoms with van der Waals surface area (Å²) in [5, 5.41) is 2.91. The molecule has 0 aliphatic heterocycles. The molecule has 27 heavy (non-hydrogen) atoms. The van der Waals surface area contributed by atoms with Gasteiger partial charge in [-0.05, 0) is 29.7 Å². The predicted octanol–water partition coefficient (Wildman–Crippen LogP) is 4.08. The monoisotopic (exact) mass is 370 g/mol. The second-order valence-electron chi connectivity index (χ2n) is 7.38. The SMILES string of the molecule is CCC(C)(C)C(=O)N[C@H](C(=O)N(C)Cc1ccc(F)cc1)c1ccccc1. The van der Waals surface area contributed by atoms with Gasteiger partial charge in [-0.25, -0.2) is 4.39 Å². The Hall–Kier alpha value is -2.69. The molecule has 0 fully saturated rings. The molecule has 0 saturated heterocycles. The van der Waals surface area contributed by atoms with Crippen molar-refractivity contribution < 1.29 is 14.0 Å². The summed E-state index contributed by atoms with van der Waals surface area (Å²) >= 11 is 0. The summed E-state index contributed by atoms with van der Waals surface area (Å²) in [5.41, 5.74) is 0.982. The van der Waals surface area contributed by atoms with E-state index < -0.39 is 11.5 Å². The number of carbonyl (C=O) groups is 2. The number of rotatable bonds is 7. The molecule has 144 valence electrons. The third-order valence-corrected chi connectivity index (χ3v) is 4.86. The van der Waals surface area contributed by atoms with Gasteiger partial charge in [-0.2, -0.15) is 0 Å². The summed E-state index contributed by atoms with van der Waals surface area (Å²) in [6, 6.07) is 14.5. The van der Waals surface area contributed by atoms with Gasteiger partial charge in [0.1, 0.15) is 11.9 Å². The van der Waals surface area contributed by atoms with E-state index in [1.165, 1.54) is 12.1 Å². The quantitative estimate of drug-likeness (QED) is 0.798. The standard InChI is InChI=1S/C22H27FN2O2/c1-5-22(2,3)21(27)24-19(17-9-7-6-8-10-17)20(26)25(4)15-16-11-13-18(23)14-12-16/h6-14,19H,5,15H2,1-4H3,(H,24,27)/t19-/m0/s1. The fourth-order valence-corrected chi connectivity index (χ4v) is 2.58. The zero-order valence-electron chi connectivity index (χ0n) is 16.3. The Bertz CT molecular complexity index is 773. The van der Waals surface area contributed by atoms with Gasteiger partial charge in [-0.1, -0.05) is 63.2 Å². The van der Waals surface area contributed by atoms with Gasteiger partial charge in [-0.3, -0.25) is 9.59 Å². The van der Waals surface area contributed by atoms with Gasteiger partial charge in [0.2, 0.25) is 11.8 Å². The number of benzene rings is 2. The van der Waals surface area contributed by atoms with Crippen LogP contribution in [0.3, 0.4) is 0 Å². The van der Waals surface area contributed by atoms with E-state index >= 15 is 0 Å². The Labute approximate surface area is 160 Å². The maximum Gasteiger partial charge on any atom is 0.249 e. The minimum Gasteiger partial charge on any atom is -0.340 e. The van der Waals surface area contributed by atoms with E-state index in [0.29, 0.717) is 13.0 Å². The van der Waals surface area contributed by atoms with Crippen molar-refractivity contribution in [3.05, 3.63) is 71.5 Å². The average Bonchev–Trinajstić information content (AvgIpc) is 2.67. The van der Waals surface area contributed by atoms with Crippen LogP contribution in [-0.4, -0.2) is 23.8 Å². The average molecular weight is 370 g/mol. The lowest BCUT2D eigenvalue weighted by Gasteiger charge is -2.29. The maximum atomic E-state index is 13.1. The third-order valence-electron chi connectivity index (χ3n) is 4.86. The van der Waals surface area contributed by atoms with Gasteiger partial charge in [0.15, 0.2) is 0 Å². The first-order valence-electron chi connectivity index (χ1n) is 9.10. The Morgan fingerprint density at radius 2 is 1.67 bits per heavy atom. The molecule has 0 aliphatic carbocycles. The summed E-state index contributed by atoms with van der Waals surface area (Å²) in [5.74, 6) is -0.697. The van der Waals surface area contributed by atoms with Crippen molar-refractivity contribution in [2.75, 3.05) is 7.05 Å². The summed E-state index contributed by atoms with van der Waals surface area (Å²) in [6.45, 7) is 5.99. The van der Waals surface area contributed by atoms with Gasteiger partial charge >= 0.3 is 0 Å². The van der Waals surface area contributed by atoms with Crippen molar-refractivity contribution in [3.8, 4) is 0 Å². The second-order valence-corrected chi connectivity index (χ2v) is 7.38. The molecule has 0 bridgehead atoms. The number of carbonyl (C=O) groups excluding carboxylic acids is 2. The smallest absolute Gasteiger partial charge is 0.249 e. The van der Waals surface area contributed by atoms with E-state index in [-0.39, 0.29) is 17.6 Å². The summed E-state index contributed by atoms with van der Waals surface area (Å²) in [7, 11) is 1.68. The molecule has 0 saturated carbocycles. The number of amides is 2. The van der Waals surface area contributed by atoms with Crippen LogP contribution in [0.2, 0.25) is 0 Å². The van der Waals surface area contributed by atoms with Crippen molar-refractivity contribution in [2.24, 2.45) is 5.41 Å². The highest BCUT2D eigenvalue weighted by Gasteiger charge is 2.32. The molecule has 5 heteroatoms. The third kappa shape index (κ3) is 5.39. The first kappa shape index (κ1) is 20.6. The van der Waals surface area contributed by atoms with Crippen molar-refractivity contribution >= 4 is 11.8 Å². The first-order valence-corrected chi connectivity index (χ1v) is 9.10. The highest BCUT2D eigenvalue weighted by atomic mass is 19.1. The van der Waals surface area contributed by atoms with Crippen LogP contribution < -0.4 is 5.32 Å². The minimum absolute atomic E-state index is 0.164. The van der Waals surface area contributed by atoms with Crippen LogP contribution in [0.5, 0.6) is 0 Å². The lowest BCUT2D eigenvalue weighted by atomic mass is 9.88. The molecule has 1 N–H and O–H groups in total. The van der Waals surface area contributed by atoms with E-state index in [9.17, 15) is 14.0 Å². The molecule has 2 rings (SSSR count). The molecule has 2 amide bonds. The van der Waals surface area contributed by atoms with Crippen molar-refractivity contribution in [1.29, 1.82) is 0 Å². The number of likely N-dealkylation sites (N-methyl/N-ethyl adjacent to an activating group) is 1. The number of nitrogens with one attached hydrogen (secondary N) is 1. The molecule has 0 aliphatic rings. The van der Waals surface area contributed by atoms with E-state index in [1.807, 2.05) is 51.1 Å². The lowest BCUT2D eigenvalue weighted by Crippen LogP contribution is -2.45.